The van der Waals surface area contributed by atoms with Crippen LogP contribution < -0.4 is 11.0 Å². The Morgan fingerprint density at radius 2 is 2.09 bits per heavy atom. The number of hydrogen-bond acceptors (Lipinski definition) is 2. The molecule has 4 heteroatoms. The second kappa shape index (κ2) is 2.37. The molecule has 2 amide bonds. The van der Waals surface area contributed by atoms with E-state index in [1.54, 1.807) is 10.2 Å². The lowest BCUT2D eigenvalue weighted by Crippen LogP contribution is -2.35. The molecule has 2 unspecified atom stereocenters. The van der Waals surface area contributed by atoms with Crippen LogP contribution in [0.4, 0.5) is 4.79 Å². The summed E-state index contributed by atoms with van der Waals surface area (Å²) < 4.78 is 7.40. The highest BCUT2D eigenvalue weighted by Crippen LogP contribution is 2.25. The lowest BCUT2D eigenvalue weighted by molar-refractivity contribution is 0.215. The van der Waals surface area contributed by atoms with Gasteiger partial charge in [-0.05, 0) is 11.8 Å². The van der Waals surface area contributed by atoms with E-state index in [9.17, 15) is 4.79 Å². The standard InChI is InChI=1S/C7H13N3O/c8-7(11)10-3-5-1-9-2-6(5)4-10/h5-6,9H,1-4H2,(H2,8,11)/i/hD. The van der Waals surface area contributed by atoms with Crippen LogP contribution in [0.5, 0.6) is 0 Å². The molecule has 2 atom stereocenters. The second-order valence-electron chi connectivity index (χ2n) is 3.35. The van der Waals surface area contributed by atoms with Crippen LogP contribution in [0.25, 0.3) is 0 Å². The van der Waals surface area contributed by atoms with Crippen molar-refractivity contribution in [2.45, 2.75) is 0 Å². The Kier molecular flexibility index (Phi) is 1.26. The molecule has 2 fully saturated rings. The van der Waals surface area contributed by atoms with Gasteiger partial charge in [0.25, 0.3) is 0 Å². The minimum Gasteiger partial charge on any atom is -0.351 e. The average molecular weight is 156 g/mol. The highest BCUT2D eigenvalue weighted by atomic mass is 16.2. The molecule has 0 bridgehead atoms. The van der Waals surface area contributed by atoms with E-state index in [2.05, 4.69) is 0 Å². The summed E-state index contributed by atoms with van der Waals surface area (Å²) in [6, 6.07) is -0.319. The van der Waals surface area contributed by atoms with Crippen molar-refractivity contribution in [1.82, 2.24) is 10.2 Å². The number of nitrogens with two attached hydrogens (primary N) is 1. The van der Waals surface area contributed by atoms with Crippen molar-refractivity contribution in [2.75, 3.05) is 26.2 Å². The zero-order valence-corrected chi connectivity index (χ0v) is 6.36. The van der Waals surface area contributed by atoms with Gasteiger partial charge in [-0.2, -0.15) is 0 Å². The van der Waals surface area contributed by atoms with Gasteiger partial charge in [0.15, 0.2) is 0 Å². The molecule has 0 aromatic heterocycles. The van der Waals surface area contributed by atoms with Crippen LogP contribution in [0.15, 0.2) is 0 Å². The number of hydrogen-bond donors (Lipinski definition) is 2. The fourth-order valence-electron chi connectivity index (χ4n) is 1.94. The molecule has 0 saturated carbocycles. The van der Waals surface area contributed by atoms with Gasteiger partial charge in [0.2, 0.25) is 0 Å². The van der Waals surface area contributed by atoms with Gasteiger partial charge in [-0.3, -0.25) is 0 Å². The molecule has 3 N–H and O–H groups in total. The van der Waals surface area contributed by atoms with Gasteiger partial charge in [0, 0.05) is 26.2 Å². The molecule has 0 spiro atoms. The molecule has 2 aliphatic rings. The Hall–Kier alpha value is -0.770. The van der Waals surface area contributed by atoms with Gasteiger partial charge in [0.1, 0.15) is 1.41 Å². The van der Waals surface area contributed by atoms with Crippen LogP contribution in [0, 0.1) is 11.8 Å². The van der Waals surface area contributed by atoms with Crippen molar-refractivity contribution < 1.29 is 6.21 Å². The Morgan fingerprint density at radius 1 is 1.55 bits per heavy atom. The van der Waals surface area contributed by atoms with Crippen LogP contribution in [-0.2, 0) is 0 Å². The van der Waals surface area contributed by atoms with Crippen LogP contribution in [0.3, 0.4) is 0 Å². The average Bonchev–Trinajstić information content (AvgIpc) is 2.42. The van der Waals surface area contributed by atoms with E-state index >= 15 is 0 Å². The first-order chi connectivity index (χ1) is 5.66. The van der Waals surface area contributed by atoms with Crippen molar-refractivity contribution >= 4 is 6.03 Å². The van der Waals surface area contributed by atoms with Gasteiger partial charge in [-0.25, -0.2) is 4.79 Å². The van der Waals surface area contributed by atoms with E-state index in [1.165, 1.54) is 0 Å². The number of likely N-dealkylation sites (tertiary alicyclic amines) is 1. The first-order valence-corrected chi connectivity index (χ1v) is 3.95. The predicted octanol–water partition coefficient (Wildman–Crippen LogP) is -0.784. The maximum absolute atomic E-state index is 10.8. The third kappa shape index (κ3) is 1.07. The minimum absolute atomic E-state index is 0.319. The molecular formula is C7H13N3O. The van der Waals surface area contributed by atoms with Crippen LogP contribution in [-0.4, -0.2) is 37.1 Å². The molecule has 11 heavy (non-hydrogen) atoms. The Labute approximate surface area is 67.2 Å². The van der Waals surface area contributed by atoms with Crippen molar-refractivity contribution in [2.24, 2.45) is 17.6 Å². The highest BCUT2D eigenvalue weighted by Gasteiger charge is 2.37. The number of amides is 2. The lowest BCUT2D eigenvalue weighted by Gasteiger charge is -2.13. The number of fused-ring (bicyclic) bond motifs is 1. The molecule has 2 aliphatic heterocycles. The van der Waals surface area contributed by atoms with E-state index in [4.69, 9.17) is 7.15 Å². The Morgan fingerprint density at radius 3 is 2.55 bits per heavy atom. The predicted molar refractivity (Wildman–Crippen MR) is 41.0 cm³/mol. The van der Waals surface area contributed by atoms with Crippen molar-refractivity contribution in [3.63, 3.8) is 0 Å². The lowest BCUT2D eigenvalue weighted by atomic mass is 10.0. The number of urea groups is 1. The molecule has 2 rings (SSSR count). The van der Waals surface area contributed by atoms with Gasteiger partial charge >= 0.3 is 6.03 Å². The third-order valence-corrected chi connectivity index (χ3v) is 2.62. The summed E-state index contributed by atoms with van der Waals surface area (Å²) >= 11 is 0. The zero-order valence-electron chi connectivity index (χ0n) is 7.36. The van der Waals surface area contributed by atoms with Gasteiger partial charge in [0.05, 0.1) is 0 Å². The number of primary amides is 1. The van der Waals surface area contributed by atoms with Gasteiger partial charge < -0.3 is 15.9 Å². The quantitative estimate of drug-likeness (QED) is 0.483. The maximum atomic E-state index is 10.8. The van der Waals surface area contributed by atoms with Crippen molar-refractivity contribution in [1.29, 1.82) is 0 Å². The van der Waals surface area contributed by atoms with Crippen molar-refractivity contribution in [3.05, 3.63) is 0 Å². The van der Waals surface area contributed by atoms with Crippen LogP contribution in [0.1, 0.15) is 0 Å². The van der Waals surface area contributed by atoms with Gasteiger partial charge in [-0.1, -0.05) is 0 Å². The van der Waals surface area contributed by atoms with Crippen molar-refractivity contribution in [3.8, 4) is 0 Å². The first kappa shape index (κ1) is 5.83. The van der Waals surface area contributed by atoms with E-state index in [1.807, 2.05) is 0 Å². The van der Waals surface area contributed by atoms with E-state index in [0.717, 1.165) is 26.2 Å². The molecule has 2 saturated heterocycles. The molecule has 0 aliphatic carbocycles. The summed E-state index contributed by atoms with van der Waals surface area (Å²) in [4.78, 5) is 12.5. The highest BCUT2D eigenvalue weighted by molar-refractivity contribution is 5.72. The molecule has 0 aromatic rings. The number of nitrogens with zero attached hydrogens (tertiary/aromatic N) is 1. The molecule has 4 nitrogen and oxygen atoms in total. The normalized spacial score (nSPS) is 38.9. The fraction of sp³-hybridized carbons (Fsp3) is 0.857. The number of carbonyl (C=O) groups is 1. The van der Waals surface area contributed by atoms with E-state index in [-0.39, 0.29) is 6.03 Å². The third-order valence-electron chi connectivity index (χ3n) is 2.62. The van der Waals surface area contributed by atoms with Crippen LogP contribution in [0.2, 0.25) is 1.41 Å². The largest absolute Gasteiger partial charge is 0.351 e. The molecular weight excluding hydrogens is 142 g/mol. The van der Waals surface area contributed by atoms with Crippen LogP contribution >= 0.6 is 0 Å². The summed E-state index contributed by atoms with van der Waals surface area (Å²) in [5, 5.41) is 1.58. The fourth-order valence-corrected chi connectivity index (χ4v) is 1.94. The smallest absolute Gasteiger partial charge is 0.314 e. The molecule has 0 radical (unpaired) electrons. The minimum atomic E-state index is -0.319. The first-order valence-electron chi connectivity index (χ1n) is 4.39. The molecule has 0 aromatic carbocycles. The summed E-state index contributed by atoms with van der Waals surface area (Å²) in [5.74, 6) is 0.963. The van der Waals surface area contributed by atoms with E-state index < -0.39 is 0 Å². The second-order valence-corrected chi connectivity index (χ2v) is 3.35. The monoisotopic (exact) mass is 156 g/mol. The number of nitrogens with one attached hydrogen (secondary N) is 1. The number of carbonyl (C=O) groups excluding carboxylic acids is 1. The molecule has 62 valence electrons. The Balaban J connectivity index is 1.98. The summed E-state index contributed by atoms with van der Waals surface area (Å²) in [6.45, 7) is 3.06. The maximum Gasteiger partial charge on any atom is 0.314 e. The SMILES string of the molecule is [2H]N1CC2CN(C(N)=O)CC2C1. The van der Waals surface area contributed by atoms with Gasteiger partial charge in [-0.15, -0.1) is 0 Å². The Bertz CT molecular complexity index is 197. The topological polar surface area (TPSA) is 58.4 Å². The number of rotatable bonds is 0. The summed E-state index contributed by atoms with van der Waals surface area (Å²) in [6.07, 6.45) is 0. The van der Waals surface area contributed by atoms with E-state index in [0.29, 0.717) is 11.8 Å². The summed E-state index contributed by atoms with van der Waals surface area (Å²) in [7, 11) is 0. The molecule has 2 heterocycles. The zero-order chi connectivity index (χ0) is 8.72. The summed E-state index contributed by atoms with van der Waals surface area (Å²) in [5.41, 5.74) is 5.16.